The van der Waals surface area contributed by atoms with Gasteiger partial charge in [0.1, 0.15) is 5.82 Å². The van der Waals surface area contributed by atoms with Crippen LogP contribution in [0.25, 0.3) is 16.6 Å². The van der Waals surface area contributed by atoms with Gasteiger partial charge in [0.15, 0.2) is 0 Å². The lowest BCUT2D eigenvalue weighted by molar-refractivity contribution is -0.133. The van der Waals surface area contributed by atoms with Gasteiger partial charge in [-0.3, -0.25) is 14.2 Å². The minimum Gasteiger partial charge on any atom is -0.333 e. The third kappa shape index (κ3) is 5.75. The van der Waals surface area contributed by atoms with Crippen LogP contribution in [0.4, 0.5) is 0 Å². The van der Waals surface area contributed by atoms with E-state index < -0.39 is 0 Å². The second-order valence-electron chi connectivity index (χ2n) is 9.32. The molecule has 5 heteroatoms. The maximum absolute atomic E-state index is 13.7. The number of aryl methyl sites for hydroxylation is 2. The fourth-order valence-electron chi connectivity index (χ4n) is 4.42. The van der Waals surface area contributed by atoms with Crippen molar-refractivity contribution in [3.05, 3.63) is 69.8 Å². The Kier molecular flexibility index (Phi) is 9.03. The van der Waals surface area contributed by atoms with E-state index in [-0.39, 0.29) is 17.5 Å². The number of hydrogen-bond acceptors (Lipinski definition) is 3. The Morgan fingerprint density at radius 2 is 1.68 bits per heavy atom. The Hall–Kier alpha value is -2.95. The lowest BCUT2D eigenvalue weighted by Gasteiger charge is -2.31. The number of amides is 1. The molecule has 3 rings (SSSR count). The minimum absolute atomic E-state index is 0.0948. The van der Waals surface area contributed by atoms with Crippen LogP contribution in [0.1, 0.15) is 88.7 Å². The Morgan fingerprint density at radius 3 is 2.38 bits per heavy atom. The third-order valence-corrected chi connectivity index (χ3v) is 6.71. The number of nitrogens with zero attached hydrogens (tertiary/aromatic N) is 3. The first-order chi connectivity index (χ1) is 16.4. The molecule has 0 saturated heterocycles. The molecular formula is C29H39N3O2. The topological polar surface area (TPSA) is 55.2 Å². The van der Waals surface area contributed by atoms with Crippen molar-refractivity contribution in [2.45, 2.75) is 85.6 Å². The molecule has 1 amide bonds. The molecule has 1 aromatic heterocycles. The van der Waals surface area contributed by atoms with Crippen LogP contribution in [0.15, 0.2) is 47.3 Å². The van der Waals surface area contributed by atoms with Gasteiger partial charge in [-0.05, 0) is 69.0 Å². The molecule has 0 radical (unpaired) electrons. The van der Waals surface area contributed by atoms with Crippen LogP contribution < -0.4 is 5.56 Å². The van der Waals surface area contributed by atoms with Gasteiger partial charge in [0.05, 0.1) is 22.6 Å². The molecule has 0 aliphatic carbocycles. The molecule has 34 heavy (non-hydrogen) atoms. The zero-order valence-corrected chi connectivity index (χ0v) is 21.4. The van der Waals surface area contributed by atoms with Crippen molar-refractivity contribution in [3.8, 4) is 5.69 Å². The van der Waals surface area contributed by atoms with Gasteiger partial charge in [0.2, 0.25) is 5.91 Å². The van der Waals surface area contributed by atoms with Crippen molar-refractivity contribution in [2.75, 3.05) is 6.54 Å². The predicted molar refractivity (Wildman–Crippen MR) is 141 cm³/mol. The maximum Gasteiger partial charge on any atom is 0.266 e. The van der Waals surface area contributed by atoms with Crippen molar-refractivity contribution in [3.63, 3.8) is 0 Å². The molecule has 0 aliphatic heterocycles. The second kappa shape index (κ2) is 12.0. The average Bonchev–Trinajstić information content (AvgIpc) is 2.83. The molecule has 2 aromatic carbocycles. The SMILES string of the molecule is CCCCCC(=O)N(CCCCC)C(C)c1nc2ccccc2c(=O)n1-c1ccc(C)c(C)c1. The monoisotopic (exact) mass is 461 g/mol. The molecule has 0 spiro atoms. The highest BCUT2D eigenvalue weighted by Gasteiger charge is 2.26. The van der Waals surface area contributed by atoms with Gasteiger partial charge < -0.3 is 4.90 Å². The summed E-state index contributed by atoms with van der Waals surface area (Å²) >= 11 is 0. The largest absolute Gasteiger partial charge is 0.333 e. The van der Waals surface area contributed by atoms with Gasteiger partial charge in [-0.1, -0.05) is 57.7 Å². The zero-order valence-electron chi connectivity index (χ0n) is 21.4. The van der Waals surface area contributed by atoms with E-state index in [1.54, 1.807) is 4.57 Å². The summed E-state index contributed by atoms with van der Waals surface area (Å²) in [6.07, 6.45) is 6.66. The van der Waals surface area contributed by atoms with Gasteiger partial charge in [0, 0.05) is 13.0 Å². The van der Waals surface area contributed by atoms with Gasteiger partial charge in [-0.15, -0.1) is 0 Å². The smallest absolute Gasteiger partial charge is 0.266 e. The summed E-state index contributed by atoms with van der Waals surface area (Å²) in [4.78, 5) is 34.0. The van der Waals surface area contributed by atoms with Crippen LogP contribution >= 0.6 is 0 Å². The van der Waals surface area contributed by atoms with Gasteiger partial charge in [0.25, 0.3) is 5.56 Å². The number of hydrogen-bond donors (Lipinski definition) is 0. The zero-order chi connectivity index (χ0) is 24.7. The van der Waals surface area contributed by atoms with E-state index in [9.17, 15) is 9.59 Å². The number of fused-ring (bicyclic) bond motifs is 1. The maximum atomic E-state index is 13.7. The molecule has 1 heterocycles. The average molecular weight is 462 g/mol. The van der Waals surface area contributed by atoms with Crippen LogP contribution in [-0.2, 0) is 4.79 Å². The summed E-state index contributed by atoms with van der Waals surface area (Å²) in [7, 11) is 0. The number of para-hydroxylation sites is 1. The van der Waals surface area contributed by atoms with Crippen molar-refractivity contribution in [1.29, 1.82) is 0 Å². The number of benzene rings is 2. The van der Waals surface area contributed by atoms with Gasteiger partial charge in [-0.25, -0.2) is 4.98 Å². The fraction of sp³-hybridized carbons (Fsp3) is 0.483. The molecule has 1 unspecified atom stereocenters. The van der Waals surface area contributed by atoms with E-state index in [4.69, 9.17) is 4.98 Å². The summed E-state index contributed by atoms with van der Waals surface area (Å²) < 4.78 is 1.71. The van der Waals surface area contributed by atoms with E-state index in [1.165, 1.54) is 5.56 Å². The van der Waals surface area contributed by atoms with E-state index in [2.05, 4.69) is 27.7 Å². The van der Waals surface area contributed by atoms with Crippen molar-refractivity contribution < 1.29 is 4.79 Å². The summed E-state index contributed by atoms with van der Waals surface area (Å²) in [6.45, 7) is 11.1. The Labute approximate surface area is 203 Å². The Morgan fingerprint density at radius 1 is 0.971 bits per heavy atom. The number of unbranched alkanes of at least 4 members (excludes halogenated alkanes) is 4. The minimum atomic E-state index is -0.315. The van der Waals surface area contributed by atoms with Gasteiger partial charge in [-0.2, -0.15) is 0 Å². The van der Waals surface area contributed by atoms with E-state index in [0.29, 0.717) is 29.7 Å². The first-order valence-electron chi connectivity index (χ1n) is 12.8. The predicted octanol–water partition coefficient (Wildman–Crippen LogP) is 6.66. The summed E-state index contributed by atoms with van der Waals surface area (Å²) in [5, 5.41) is 0.587. The van der Waals surface area contributed by atoms with E-state index in [0.717, 1.165) is 49.8 Å². The Bertz CT molecular complexity index is 1180. The van der Waals surface area contributed by atoms with Crippen LogP contribution in [0, 0.1) is 13.8 Å². The van der Waals surface area contributed by atoms with Crippen molar-refractivity contribution in [2.24, 2.45) is 0 Å². The summed E-state index contributed by atoms with van der Waals surface area (Å²) in [6, 6.07) is 13.2. The highest BCUT2D eigenvalue weighted by Crippen LogP contribution is 2.25. The van der Waals surface area contributed by atoms with Gasteiger partial charge >= 0.3 is 0 Å². The molecule has 1 atom stereocenters. The molecule has 182 valence electrons. The summed E-state index contributed by atoms with van der Waals surface area (Å²) in [5.41, 5.74) is 3.66. The lowest BCUT2D eigenvalue weighted by atomic mass is 10.1. The molecule has 0 fully saturated rings. The highest BCUT2D eigenvalue weighted by atomic mass is 16.2. The molecule has 0 saturated carbocycles. The molecule has 3 aromatic rings. The van der Waals surface area contributed by atoms with Crippen LogP contribution in [0.5, 0.6) is 0 Å². The first-order valence-corrected chi connectivity index (χ1v) is 12.8. The van der Waals surface area contributed by atoms with E-state index in [1.807, 2.05) is 54.3 Å². The molecule has 0 aliphatic rings. The molecule has 0 bridgehead atoms. The normalized spacial score (nSPS) is 12.1. The number of aromatic nitrogens is 2. The number of carbonyl (C=O) groups is 1. The second-order valence-corrected chi connectivity index (χ2v) is 9.32. The third-order valence-electron chi connectivity index (χ3n) is 6.71. The quantitative estimate of drug-likeness (QED) is 0.300. The fourth-order valence-corrected chi connectivity index (χ4v) is 4.42. The lowest BCUT2D eigenvalue weighted by Crippen LogP contribution is -2.38. The van der Waals surface area contributed by atoms with Crippen molar-refractivity contribution in [1.82, 2.24) is 14.5 Å². The van der Waals surface area contributed by atoms with Crippen LogP contribution in [-0.4, -0.2) is 26.9 Å². The van der Waals surface area contributed by atoms with E-state index >= 15 is 0 Å². The number of carbonyl (C=O) groups excluding carboxylic acids is 1. The molecule has 0 N–H and O–H groups in total. The number of rotatable bonds is 11. The first kappa shape index (κ1) is 25.7. The standard InChI is InChI=1S/C29H39N3O2/c1-6-8-10-16-27(33)31(19-13-9-7-2)23(5)28-30-26-15-12-11-14-25(26)29(34)32(28)24-18-17-21(3)22(4)20-24/h11-12,14-15,17-18,20,23H,6-10,13,16,19H2,1-5H3. The van der Waals surface area contributed by atoms with Crippen molar-refractivity contribution >= 4 is 16.8 Å². The molecular weight excluding hydrogens is 422 g/mol. The van der Waals surface area contributed by atoms with Crippen LogP contribution in [0.3, 0.4) is 0 Å². The summed E-state index contributed by atoms with van der Waals surface area (Å²) in [5.74, 6) is 0.762. The Balaban J connectivity index is 2.14. The highest BCUT2D eigenvalue weighted by molar-refractivity contribution is 5.79. The van der Waals surface area contributed by atoms with Crippen LogP contribution in [0.2, 0.25) is 0 Å². The molecule has 5 nitrogen and oxygen atoms in total.